The number of aliphatic imine (C=N–C) groups is 1. The van der Waals surface area contributed by atoms with Gasteiger partial charge in [-0.15, -0.1) is 24.0 Å². The summed E-state index contributed by atoms with van der Waals surface area (Å²) >= 11 is 0. The fourth-order valence-electron chi connectivity index (χ4n) is 2.71. The van der Waals surface area contributed by atoms with Gasteiger partial charge in [-0.05, 0) is 32.0 Å². The topological polar surface area (TPSA) is 55.5 Å². The second-order valence-electron chi connectivity index (χ2n) is 6.15. The highest BCUT2D eigenvalue weighted by Crippen LogP contribution is 2.17. The smallest absolute Gasteiger partial charge is 0.361 e. The lowest BCUT2D eigenvalue weighted by molar-refractivity contribution is -0.142. The van der Waals surface area contributed by atoms with Crippen LogP contribution in [0.2, 0.25) is 0 Å². The first-order chi connectivity index (χ1) is 12.4. The van der Waals surface area contributed by atoms with Gasteiger partial charge >= 0.3 is 6.18 Å². The molecule has 0 bridgehead atoms. The number of para-hydroxylation sites is 1. The Hall–Kier alpha value is -1.49. The van der Waals surface area contributed by atoms with Gasteiger partial charge in [0.15, 0.2) is 5.96 Å². The summed E-state index contributed by atoms with van der Waals surface area (Å²) in [4.78, 5) is 8.81. The number of aromatic amines is 1. The maximum absolute atomic E-state index is 12.3. The molecule has 3 N–H and O–H groups in total. The van der Waals surface area contributed by atoms with Gasteiger partial charge in [0.2, 0.25) is 0 Å². The molecule has 0 atom stereocenters. The predicted octanol–water partition coefficient (Wildman–Crippen LogP) is 3.38. The normalized spacial score (nSPS) is 12.3. The summed E-state index contributed by atoms with van der Waals surface area (Å²) in [6.45, 7) is 2.95. The van der Waals surface area contributed by atoms with Crippen LogP contribution in [0.3, 0.4) is 0 Å². The minimum absolute atomic E-state index is 0. The summed E-state index contributed by atoms with van der Waals surface area (Å²) in [5, 5.41) is 7.54. The van der Waals surface area contributed by atoms with E-state index in [4.69, 9.17) is 0 Å². The minimum atomic E-state index is -4.18. The molecule has 0 unspecified atom stereocenters. The minimum Gasteiger partial charge on any atom is -0.361 e. The molecular formula is C18H27F3IN5. The lowest BCUT2D eigenvalue weighted by atomic mass is 10.1. The molecule has 0 aliphatic heterocycles. The number of H-pyrrole nitrogens is 1. The molecule has 2 aromatic rings. The van der Waals surface area contributed by atoms with Crippen molar-refractivity contribution in [1.82, 2.24) is 20.5 Å². The summed E-state index contributed by atoms with van der Waals surface area (Å²) < 4.78 is 37.0. The lowest BCUT2D eigenvalue weighted by Gasteiger charge is -2.17. The van der Waals surface area contributed by atoms with Crippen LogP contribution in [0.4, 0.5) is 13.2 Å². The van der Waals surface area contributed by atoms with E-state index in [1.165, 1.54) is 22.9 Å². The van der Waals surface area contributed by atoms with Crippen LogP contribution in [0.1, 0.15) is 12.5 Å². The highest BCUT2D eigenvalue weighted by Gasteiger charge is 2.28. The largest absolute Gasteiger partial charge is 0.401 e. The van der Waals surface area contributed by atoms with Crippen LogP contribution in [0.15, 0.2) is 35.5 Å². The van der Waals surface area contributed by atoms with E-state index in [9.17, 15) is 13.2 Å². The zero-order valence-corrected chi connectivity index (χ0v) is 17.9. The molecule has 9 heteroatoms. The number of halogens is 4. The first kappa shape index (κ1) is 23.5. The number of nitrogens with zero attached hydrogens (tertiary/aromatic N) is 2. The molecule has 0 aliphatic carbocycles. The van der Waals surface area contributed by atoms with Crippen molar-refractivity contribution >= 4 is 40.8 Å². The molecule has 0 spiro atoms. The van der Waals surface area contributed by atoms with Gasteiger partial charge in [-0.25, -0.2) is 0 Å². The van der Waals surface area contributed by atoms with E-state index >= 15 is 0 Å². The van der Waals surface area contributed by atoms with Crippen LogP contribution in [0.5, 0.6) is 0 Å². The Morgan fingerprint density at radius 3 is 2.67 bits per heavy atom. The zero-order valence-electron chi connectivity index (χ0n) is 15.6. The van der Waals surface area contributed by atoms with Gasteiger partial charge in [0.05, 0.1) is 13.1 Å². The third-order valence-electron chi connectivity index (χ3n) is 3.91. The van der Waals surface area contributed by atoms with Crippen LogP contribution in [0, 0.1) is 0 Å². The molecule has 0 saturated carbocycles. The number of alkyl halides is 3. The van der Waals surface area contributed by atoms with Crippen LogP contribution < -0.4 is 10.6 Å². The van der Waals surface area contributed by atoms with E-state index in [1.807, 2.05) is 31.3 Å². The number of likely N-dealkylation sites (N-methyl/N-ethyl adjacent to an activating group) is 1. The SMILES string of the molecule is CCNC(=NCCN(C)CC(F)(F)F)NCCc1c[nH]c2ccccc12.I. The molecule has 0 saturated heterocycles. The van der Waals surface area contributed by atoms with E-state index in [0.717, 1.165) is 11.9 Å². The Morgan fingerprint density at radius 1 is 1.22 bits per heavy atom. The first-order valence-electron chi connectivity index (χ1n) is 8.71. The third-order valence-corrected chi connectivity index (χ3v) is 3.91. The summed E-state index contributed by atoms with van der Waals surface area (Å²) in [7, 11) is 1.44. The summed E-state index contributed by atoms with van der Waals surface area (Å²) in [6, 6.07) is 8.12. The standard InChI is InChI=1S/C18H26F3N5.HI/c1-3-22-17(24-10-11-26(2)13-18(19,20)21)23-9-8-14-12-25-16-7-5-4-6-15(14)16;/h4-7,12,25H,3,8-11,13H2,1-2H3,(H2,22,23,24);1H. The average Bonchev–Trinajstić information content (AvgIpc) is 2.96. The van der Waals surface area contributed by atoms with Crippen molar-refractivity contribution in [2.45, 2.75) is 19.5 Å². The molecule has 152 valence electrons. The van der Waals surface area contributed by atoms with Gasteiger partial charge in [0.1, 0.15) is 0 Å². The number of hydrogen-bond donors (Lipinski definition) is 3. The molecule has 1 aromatic carbocycles. The second-order valence-corrected chi connectivity index (χ2v) is 6.15. The molecule has 0 radical (unpaired) electrons. The van der Waals surface area contributed by atoms with Gasteiger partial charge in [0, 0.05) is 36.7 Å². The Bertz CT molecular complexity index is 714. The maximum atomic E-state index is 12.3. The first-order valence-corrected chi connectivity index (χ1v) is 8.71. The number of fused-ring (bicyclic) bond motifs is 1. The average molecular weight is 497 g/mol. The second kappa shape index (κ2) is 11.4. The molecule has 0 fully saturated rings. The maximum Gasteiger partial charge on any atom is 0.401 e. The monoisotopic (exact) mass is 497 g/mol. The van der Waals surface area contributed by atoms with Gasteiger partial charge in [-0.1, -0.05) is 18.2 Å². The molecule has 0 amide bonds. The summed E-state index contributed by atoms with van der Waals surface area (Å²) in [5.74, 6) is 0.618. The van der Waals surface area contributed by atoms with Crippen molar-refractivity contribution in [3.8, 4) is 0 Å². The van der Waals surface area contributed by atoms with Crippen molar-refractivity contribution < 1.29 is 13.2 Å². The number of guanidine groups is 1. The Labute approximate surface area is 174 Å². The zero-order chi connectivity index (χ0) is 19.0. The molecule has 5 nitrogen and oxygen atoms in total. The van der Waals surface area contributed by atoms with Crippen molar-refractivity contribution in [1.29, 1.82) is 0 Å². The highest BCUT2D eigenvalue weighted by atomic mass is 127. The van der Waals surface area contributed by atoms with E-state index in [0.29, 0.717) is 25.6 Å². The quantitative estimate of drug-likeness (QED) is 0.298. The lowest BCUT2D eigenvalue weighted by Crippen LogP contribution is -2.39. The van der Waals surface area contributed by atoms with Crippen molar-refractivity contribution in [2.75, 3.05) is 39.8 Å². The van der Waals surface area contributed by atoms with Crippen LogP contribution >= 0.6 is 24.0 Å². The number of rotatable bonds is 8. The van der Waals surface area contributed by atoms with Gasteiger partial charge < -0.3 is 15.6 Å². The number of nitrogens with one attached hydrogen (secondary N) is 3. The summed E-state index contributed by atoms with van der Waals surface area (Å²) in [5.41, 5.74) is 2.32. The van der Waals surface area contributed by atoms with E-state index in [2.05, 4.69) is 26.7 Å². The molecule has 0 aliphatic rings. The molecule has 27 heavy (non-hydrogen) atoms. The fourth-order valence-corrected chi connectivity index (χ4v) is 2.71. The molecule has 1 aromatic heterocycles. The number of aromatic nitrogens is 1. The van der Waals surface area contributed by atoms with Gasteiger partial charge in [-0.3, -0.25) is 9.89 Å². The van der Waals surface area contributed by atoms with E-state index in [-0.39, 0.29) is 30.5 Å². The van der Waals surface area contributed by atoms with Crippen LogP contribution in [-0.4, -0.2) is 61.8 Å². The van der Waals surface area contributed by atoms with E-state index < -0.39 is 12.7 Å². The van der Waals surface area contributed by atoms with Crippen molar-refractivity contribution in [3.63, 3.8) is 0 Å². The Kier molecular flexibility index (Phi) is 9.92. The van der Waals surface area contributed by atoms with Gasteiger partial charge in [-0.2, -0.15) is 13.2 Å². The molecule has 2 rings (SSSR count). The van der Waals surface area contributed by atoms with Crippen LogP contribution in [-0.2, 0) is 6.42 Å². The predicted molar refractivity (Wildman–Crippen MR) is 115 cm³/mol. The Balaban J connectivity index is 0.00000364. The molecular weight excluding hydrogens is 470 g/mol. The van der Waals surface area contributed by atoms with Crippen molar-refractivity contribution in [3.05, 3.63) is 36.0 Å². The van der Waals surface area contributed by atoms with Crippen LogP contribution in [0.25, 0.3) is 10.9 Å². The number of benzene rings is 1. The highest BCUT2D eigenvalue weighted by molar-refractivity contribution is 14.0. The fraction of sp³-hybridized carbons (Fsp3) is 0.500. The molecule has 1 heterocycles. The van der Waals surface area contributed by atoms with Gasteiger partial charge in [0.25, 0.3) is 0 Å². The Morgan fingerprint density at radius 2 is 1.96 bits per heavy atom. The number of hydrogen-bond acceptors (Lipinski definition) is 2. The van der Waals surface area contributed by atoms with E-state index in [1.54, 1.807) is 0 Å². The summed E-state index contributed by atoms with van der Waals surface area (Å²) in [6.07, 6.45) is -1.36. The third kappa shape index (κ3) is 8.37. The van der Waals surface area contributed by atoms with Crippen molar-refractivity contribution in [2.24, 2.45) is 4.99 Å².